The van der Waals surface area contributed by atoms with Gasteiger partial charge in [-0.2, -0.15) is 22.9 Å². The van der Waals surface area contributed by atoms with Crippen molar-refractivity contribution in [2.24, 2.45) is 0 Å². The fourth-order valence-corrected chi connectivity index (χ4v) is 5.47. The predicted molar refractivity (Wildman–Crippen MR) is 181 cm³/mol. The molecule has 0 N–H and O–H groups in total. The second-order valence-corrected chi connectivity index (χ2v) is 11.1. The molecule has 4 aromatic carbocycles. The first-order chi connectivity index (χ1) is 23.1. The number of aryl methyl sites for hydroxylation is 2. The van der Waals surface area contributed by atoms with Crippen LogP contribution in [-0.4, -0.2) is 24.5 Å². The molecule has 0 bridgehead atoms. The third-order valence-corrected chi connectivity index (χ3v) is 7.65. The number of hydrogen-bond acceptors (Lipinski definition) is 6. The summed E-state index contributed by atoms with van der Waals surface area (Å²) in [5, 5.41) is 1.90. The van der Waals surface area contributed by atoms with Crippen LogP contribution in [0, 0.1) is 38.1 Å². The standard InChI is InChI=1S/C40H25N5O2.2Pd/c1-26-14-18-41-36(20-26)28-6-3-8-30(22-28)46-32-10-12-34-35-13-11-33(25-39(35)45(38(34)24-32)40-43-16-5-17-44-40)47-31-9-4-7-29(23-31)37-21-27(2)15-19-42-37;;/h3-21H,1-2H3;;/q-4;2*+2. The van der Waals surface area contributed by atoms with Gasteiger partial charge in [0.1, 0.15) is 0 Å². The van der Waals surface area contributed by atoms with E-state index >= 15 is 0 Å². The van der Waals surface area contributed by atoms with Crippen molar-refractivity contribution in [3.8, 4) is 51.5 Å². The Balaban J connectivity index is 0.00000208. The van der Waals surface area contributed by atoms with Crippen molar-refractivity contribution in [3.63, 3.8) is 0 Å². The molecule has 0 radical (unpaired) electrons. The Hall–Kier alpha value is -5.02. The van der Waals surface area contributed by atoms with Gasteiger partial charge < -0.3 is 24.0 Å². The smallest absolute Gasteiger partial charge is 0.503 e. The van der Waals surface area contributed by atoms with E-state index in [-0.39, 0.29) is 40.8 Å². The van der Waals surface area contributed by atoms with Crippen molar-refractivity contribution in [2.75, 3.05) is 0 Å². The van der Waals surface area contributed by atoms with Crippen molar-refractivity contribution >= 4 is 21.8 Å². The molecule has 0 fully saturated rings. The number of hydrogen-bond donors (Lipinski definition) is 0. The zero-order chi connectivity index (χ0) is 31.7. The Morgan fingerprint density at radius 3 is 1.43 bits per heavy atom. The SMILES string of the molecule is Cc1ccnc(-c2[c-]c(Oc3[c-]c4c(cc3)c3ccc(Oc5[c-]c(-c6cc(C)ccn6)ccc5)[c-]c3n4-c3ncccn3)ccc2)c1.[Pd+2].[Pd+2]. The maximum atomic E-state index is 6.29. The van der Waals surface area contributed by atoms with E-state index in [1.807, 2.05) is 103 Å². The molecule has 0 atom stereocenters. The van der Waals surface area contributed by atoms with E-state index < -0.39 is 0 Å². The third-order valence-electron chi connectivity index (χ3n) is 7.65. The van der Waals surface area contributed by atoms with Crippen LogP contribution >= 0.6 is 0 Å². The van der Waals surface area contributed by atoms with Crippen LogP contribution in [0.15, 0.2) is 116 Å². The zero-order valence-corrected chi connectivity index (χ0v) is 29.3. The van der Waals surface area contributed by atoms with Gasteiger partial charge in [-0.3, -0.25) is 0 Å². The molecule has 8 aromatic rings. The monoisotopic (exact) mass is 819 g/mol. The number of aromatic nitrogens is 5. The number of pyridine rings is 2. The van der Waals surface area contributed by atoms with Gasteiger partial charge in [-0.25, -0.2) is 9.97 Å². The summed E-state index contributed by atoms with van der Waals surface area (Å²) < 4.78 is 14.5. The van der Waals surface area contributed by atoms with E-state index in [2.05, 4.69) is 44.2 Å². The molecule has 0 saturated heterocycles. The van der Waals surface area contributed by atoms with Crippen LogP contribution in [0.1, 0.15) is 11.1 Å². The molecule has 0 aliphatic heterocycles. The molecule has 0 amide bonds. The summed E-state index contributed by atoms with van der Waals surface area (Å²) in [5.41, 5.74) is 7.10. The second kappa shape index (κ2) is 14.6. The molecule has 0 aliphatic rings. The topological polar surface area (TPSA) is 75.0 Å². The fraction of sp³-hybridized carbons (Fsp3) is 0.0500. The second-order valence-electron chi connectivity index (χ2n) is 11.1. The minimum absolute atomic E-state index is 0. The first-order valence-corrected chi connectivity index (χ1v) is 15.0. The average Bonchev–Trinajstić information content (AvgIpc) is 3.41. The Morgan fingerprint density at radius 1 is 0.490 bits per heavy atom. The minimum atomic E-state index is 0. The molecule has 0 saturated carbocycles. The van der Waals surface area contributed by atoms with Crippen LogP contribution in [0.25, 0.3) is 50.3 Å². The molecule has 242 valence electrons. The van der Waals surface area contributed by atoms with E-state index in [0.29, 0.717) is 28.9 Å². The normalized spacial score (nSPS) is 10.7. The van der Waals surface area contributed by atoms with Crippen LogP contribution in [-0.2, 0) is 40.8 Å². The van der Waals surface area contributed by atoms with Gasteiger partial charge in [0, 0.05) is 47.8 Å². The van der Waals surface area contributed by atoms with E-state index in [1.54, 1.807) is 30.9 Å². The summed E-state index contributed by atoms with van der Waals surface area (Å²) in [5.74, 6) is 2.64. The van der Waals surface area contributed by atoms with Gasteiger partial charge in [0.25, 0.3) is 0 Å². The van der Waals surface area contributed by atoms with Crippen LogP contribution in [0.3, 0.4) is 0 Å². The van der Waals surface area contributed by atoms with Gasteiger partial charge in [-0.15, -0.1) is 71.8 Å². The fourth-order valence-electron chi connectivity index (χ4n) is 5.47. The molecule has 9 heteroatoms. The number of ether oxygens (including phenoxy) is 2. The Bertz CT molecular complexity index is 2270. The van der Waals surface area contributed by atoms with E-state index in [0.717, 1.165) is 55.4 Å². The first-order valence-electron chi connectivity index (χ1n) is 15.0. The van der Waals surface area contributed by atoms with Crippen LogP contribution in [0.2, 0.25) is 0 Å². The van der Waals surface area contributed by atoms with Gasteiger partial charge in [0.05, 0.1) is 0 Å². The quantitative estimate of drug-likeness (QED) is 0.118. The molecule has 7 nitrogen and oxygen atoms in total. The number of nitrogens with zero attached hydrogens (tertiary/aromatic N) is 5. The number of fused-ring (bicyclic) bond motifs is 3. The van der Waals surface area contributed by atoms with Gasteiger partial charge in [0.2, 0.25) is 5.95 Å². The molecular weight excluding hydrogens is 795 g/mol. The van der Waals surface area contributed by atoms with E-state index in [9.17, 15) is 0 Å². The summed E-state index contributed by atoms with van der Waals surface area (Å²) in [6.07, 6.45) is 7.01. The third kappa shape index (κ3) is 7.08. The molecular formula is C40H25N5O2Pd2. The van der Waals surface area contributed by atoms with Crippen LogP contribution < -0.4 is 9.47 Å². The Morgan fingerprint density at radius 2 is 0.959 bits per heavy atom. The molecule has 0 unspecified atom stereocenters. The maximum absolute atomic E-state index is 6.29. The molecule has 0 aliphatic carbocycles. The minimum Gasteiger partial charge on any atom is -0.503 e. The predicted octanol–water partition coefficient (Wildman–Crippen LogP) is 9.09. The summed E-state index contributed by atoms with van der Waals surface area (Å²) in [7, 11) is 0. The molecule has 0 spiro atoms. The Labute approximate surface area is 311 Å². The molecule has 49 heavy (non-hydrogen) atoms. The van der Waals surface area contributed by atoms with Crippen molar-refractivity contribution in [1.29, 1.82) is 0 Å². The zero-order valence-electron chi connectivity index (χ0n) is 26.2. The van der Waals surface area contributed by atoms with Gasteiger partial charge in [0.15, 0.2) is 0 Å². The van der Waals surface area contributed by atoms with Crippen LogP contribution in [0.5, 0.6) is 23.0 Å². The van der Waals surface area contributed by atoms with Gasteiger partial charge >= 0.3 is 40.8 Å². The van der Waals surface area contributed by atoms with Crippen molar-refractivity contribution in [1.82, 2.24) is 24.5 Å². The van der Waals surface area contributed by atoms with Gasteiger partial charge in [-0.05, 0) is 43.4 Å². The average molecular weight is 821 g/mol. The van der Waals surface area contributed by atoms with E-state index in [4.69, 9.17) is 9.47 Å². The Kier molecular flexibility index (Phi) is 10.1. The summed E-state index contributed by atoms with van der Waals surface area (Å²) in [4.78, 5) is 18.1. The number of rotatable bonds is 7. The largest absolute Gasteiger partial charge is 2.00 e. The van der Waals surface area contributed by atoms with Crippen molar-refractivity contribution in [2.45, 2.75) is 13.8 Å². The summed E-state index contributed by atoms with van der Waals surface area (Å²) >= 11 is 0. The molecule has 4 aromatic heterocycles. The maximum Gasteiger partial charge on any atom is 2.00 e. The van der Waals surface area contributed by atoms with Crippen molar-refractivity contribution in [3.05, 3.63) is 151 Å². The molecule has 8 rings (SSSR count). The van der Waals surface area contributed by atoms with Crippen molar-refractivity contribution < 1.29 is 50.3 Å². The summed E-state index contributed by atoms with van der Waals surface area (Å²) in [6, 6.07) is 42.7. The van der Waals surface area contributed by atoms with Crippen LogP contribution in [0.4, 0.5) is 0 Å². The van der Waals surface area contributed by atoms with Gasteiger partial charge in [-0.1, -0.05) is 46.4 Å². The number of benzene rings is 4. The summed E-state index contributed by atoms with van der Waals surface area (Å²) in [6.45, 7) is 4.08. The van der Waals surface area contributed by atoms with E-state index in [1.165, 1.54) is 0 Å². The molecule has 4 heterocycles. The first kappa shape index (κ1) is 33.9.